The third-order valence-corrected chi connectivity index (χ3v) is 8.63. The zero-order valence-electron chi connectivity index (χ0n) is 23.5. The maximum absolute atomic E-state index is 4.81. The van der Waals surface area contributed by atoms with Crippen LogP contribution in [0.15, 0.2) is 55.3 Å². The molecular formula is C35H53N. The molecule has 0 amide bonds. The van der Waals surface area contributed by atoms with Crippen molar-refractivity contribution >= 4 is 0 Å². The molecule has 36 heavy (non-hydrogen) atoms. The quantitative estimate of drug-likeness (QED) is 0.160. The third kappa shape index (κ3) is 9.53. The van der Waals surface area contributed by atoms with Crippen molar-refractivity contribution in [2.45, 2.75) is 129 Å². The SMILES string of the molecule is C=CCC(c1ccc(-c2ccc(CCCCCCCCC)cn2)cc1)C1CCC(CCCCC)CC1. The minimum atomic E-state index is 0.616. The molecular weight excluding hydrogens is 434 g/mol. The van der Waals surface area contributed by atoms with Crippen LogP contribution in [0.1, 0.15) is 134 Å². The van der Waals surface area contributed by atoms with E-state index in [0.29, 0.717) is 5.92 Å². The number of allylic oxidation sites excluding steroid dienone is 1. The lowest BCUT2D eigenvalue weighted by Crippen LogP contribution is -2.20. The van der Waals surface area contributed by atoms with Crippen LogP contribution in [0.5, 0.6) is 0 Å². The van der Waals surface area contributed by atoms with Gasteiger partial charge >= 0.3 is 0 Å². The molecule has 2 aromatic rings. The fourth-order valence-electron chi connectivity index (χ4n) is 6.27. The average molecular weight is 488 g/mol. The Labute approximate surface area is 223 Å². The van der Waals surface area contributed by atoms with Gasteiger partial charge in [0.05, 0.1) is 5.69 Å². The highest BCUT2D eigenvalue weighted by molar-refractivity contribution is 5.59. The van der Waals surface area contributed by atoms with Gasteiger partial charge in [0, 0.05) is 11.8 Å². The van der Waals surface area contributed by atoms with E-state index in [4.69, 9.17) is 4.98 Å². The predicted octanol–water partition coefficient (Wildman–Crippen LogP) is 11.1. The van der Waals surface area contributed by atoms with Crippen LogP contribution in [0.2, 0.25) is 0 Å². The summed E-state index contributed by atoms with van der Waals surface area (Å²) in [7, 11) is 0. The van der Waals surface area contributed by atoms with Crippen molar-refractivity contribution in [3.63, 3.8) is 0 Å². The summed E-state index contributed by atoms with van der Waals surface area (Å²) in [6, 6.07) is 13.8. The number of nitrogens with zero attached hydrogens (tertiary/aromatic N) is 1. The van der Waals surface area contributed by atoms with Gasteiger partial charge in [-0.15, -0.1) is 6.58 Å². The van der Waals surface area contributed by atoms with Crippen LogP contribution in [-0.4, -0.2) is 4.98 Å². The second-order valence-electron chi connectivity index (χ2n) is 11.5. The van der Waals surface area contributed by atoms with E-state index in [1.54, 1.807) is 0 Å². The number of hydrogen-bond donors (Lipinski definition) is 0. The first-order valence-corrected chi connectivity index (χ1v) is 15.4. The van der Waals surface area contributed by atoms with Crippen LogP contribution in [0.3, 0.4) is 0 Å². The van der Waals surface area contributed by atoms with Crippen LogP contribution >= 0.6 is 0 Å². The number of hydrogen-bond acceptors (Lipinski definition) is 1. The molecule has 0 saturated heterocycles. The van der Waals surface area contributed by atoms with E-state index in [1.165, 1.54) is 113 Å². The molecule has 198 valence electrons. The number of aromatic nitrogens is 1. The number of rotatable bonds is 17. The predicted molar refractivity (Wildman–Crippen MR) is 159 cm³/mol. The maximum atomic E-state index is 4.81. The summed E-state index contributed by atoms with van der Waals surface area (Å²) in [5.74, 6) is 2.39. The molecule has 1 aromatic heterocycles. The monoisotopic (exact) mass is 487 g/mol. The van der Waals surface area contributed by atoms with Crippen molar-refractivity contribution in [1.82, 2.24) is 4.98 Å². The first-order valence-electron chi connectivity index (χ1n) is 15.4. The Bertz CT molecular complexity index is 826. The molecule has 0 bridgehead atoms. The first kappa shape index (κ1) is 28.7. The highest BCUT2D eigenvalue weighted by Crippen LogP contribution is 2.41. The van der Waals surface area contributed by atoms with E-state index in [9.17, 15) is 0 Å². The molecule has 1 unspecified atom stereocenters. The normalized spacial score (nSPS) is 18.7. The Morgan fingerprint density at radius 1 is 0.806 bits per heavy atom. The molecule has 1 heteroatoms. The number of benzene rings is 1. The number of aryl methyl sites for hydroxylation is 1. The lowest BCUT2D eigenvalue weighted by atomic mass is 9.71. The lowest BCUT2D eigenvalue weighted by Gasteiger charge is -2.34. The van der Waals surface area contributed by atoms with E-state index >= 15 is 0 Å². The van der Waals surface area contributed by atoms with Gasteiger partial charge in [0.15, 0.2) is 0 Å². The molecule has 1 heterocycles. The topological polar surface area (TPSA) is 12.9 Å². The summed E-state index contributed by atoms with van der Waals surface area (Å²) in [6.07, 6.45) is 27.3. The summed E-state index contributed by atoms with van der Waals surface area (Å²) < 4.78 is 0. The van der Waals surface area contributed by atoms with Crippen molar-refractivity contribution in [3.8, 4) is 11.3 Å². The lowest BCUT2D eigenvalue weighted by molar-refractivity contribution is 0.230. The second kappa shape index (κ2) is 16.8. The first-order chi connectivity index (χ1) is 17.7. The summed E-state index contributed by atoms with van der Waals surface area (Å²) >= 11 is 0. The van der Waals surface area contributed by atoms with E-state index in [2.05, 4.69) is 69.1 Å². The molecule has 1 aliphatic carbocycles. The Hall–Kier alpha value is -1.89. The zero-order chi connectivity index (χ0) is 25.4. The largest absolute Gasteiger partial charge is 0.256 e. The van der Waals surface area contributed by atoms with Crippen LogP contribution in [-0.2, 0) is 6.42 Å². The van der Waals surface area contributed by atoms with Gasteiger partial charge in [-0.2, -0.15) is 0 Å². The molecule has 0 N–H and O–H groups in total. The second-order valence-corrected chi connectivity index (χ2v) is 11.5. The highest BCUT2D eigenvalue weighted by Gasteiger charge is 2.27. The Morgan fingerprint density at radius 2 is 1.47 bits per heavy atom. The smallest absolute Gasteiger partial charge is 0.0702 e. The number of pyridine rings is 1. The van der Waals surface area contributed by atoms with Gasteiger partial charge in [0.25, 0.3) is 0 Å². The van der Waals surface area contributed by atoms with Crippen molar-refractivity contribution in [2.24, 2.45) is 11.8 Å². The van der Waals surface area contributed by atoms with Crippen molar-refractivity contribution in [1.29, 1.82) is 0 Å². The van der Waals surface area contributed by atoms with Crippen molar-refractivity contribution < 1.29 is 0 Å². The minimum Gasteiger partial charge on any atom is -0.256 e. The molecule has 0 spiro atoms. The molecule has 1 aliphatic rings. The highest BCUT2D eigenvalue weighted by atomic mass is 14.7. The fraction of sp³-hybridized carbons (Fsp3) is 0.629. The van der Waals surface area contributed by atoms with Crippen LogP contribution in [0.25, 0.3) is 11.3 Å². The molecule has 0 aliphatic heterocycles. The summed E-state index contributed by atoms with van der Waals surface area (Å²) in [6.45, 7) is 8.69. The Kier molecular flexibility index (Phi) is 13.4. The van der Waals surface area contributed by atoms with Crippen molar-refractivity contribution in [3.05, 3.63) is 66.4 Å². The summed E-state index contributed by atoms with van der Waals surface area (Å²) in [4.78, 5) is 4.81. The van der Waals surface area contributed by atoms with E-state index < -0.39 is 0 Å². The van der Waals surface area contributed by atoms with Crippen LogP contribution in [0.4, 0.5) is 0 Å². The summed E-state index contributed by atoms with van der Waals surface area (Å²) in [5.41, 5.74) is 5.19. The maximum Gasteiger partial charge on any atom is 0.0702 e. The van der Waals surface area contributed by atoms with Gasteiger partial charge in [0.1, 0.15) is 0 Å². The van der Waals surface area contributed by atoms with E-state index in [1.807, 2.05) is 0 Å². The Balaban J connectivity index is 1.49. The van der Waals surface area contributed by atoms with Crippen molar-refractivity contribution in [2.75, 3.05) is 0 Å². The van der Waals surface area contributed by atoms with Gasteiger partial charge in [-0.25, -0.2) is 0 Å². The number of unbranched alkanes of at least 4 members (excludes halogenated alkanes) is 8. The molecule has 1 nitrogen and oxygen atoms in total. The van der Waals surface area contributed by atoms with Gasteiger partial charge in [-0.1, -0.05) is 127 Å². The molecule has 0 radical (unpaired) electrons. The molecule has 1 aromatic carbocycles. The van der Waals surface area contributed by atoms with E-state index in [-0.39, 0.29) is 0 Å². The van der Waals surface area contributed by atoms with Gasteiger partial charge < -0.3 is 0 Å². The molecule has 3 rings (SSSR count). The molecule has 1 saturated carbocycles. The van der Waals surface area contributed by atoms with Crippen LogP contribution < -0.4 is 0 Å². The zero-order valence-corrected chi connectivity index (χ0v) is 23.5. The standard InChI is InChI=1S/C35H53N/c1-4-7-9-10-11-12-14-17-30-20-27-35(36-28-30)33-25-23-32(24-26-33)34(15-6-3)31-21-18-29(19-22-31)16-13-8-5-2/h6,20,23-29,31,34H,3-5,7-19,21-22H2,1-2H3. The van der Waals surface area contributed by atoms with Gasteiger partial charge in [0.2, 0.25) is 0 Å². The van der Waals surface area contributed by atoms with E-state index in [0.717, 1.165) is 30.4 Å². The minimum absolute atomic E-state index is 0.616. The summed E-state index contributed by atoms with van der Waals surface area (Å²) in [5, 5.41) is 0. The van der Waals surface area contributed by atoms with Gasteiger partial charge in [-0.3, -0.25) is 4.98 Å². The average Bonchev–Trinajstić information content (AvgIpc) is 2.92. The fourth-order valence-corrected chi connectivity index (χ4v) is 6.27. The van der Waals surface area contributed by atoms with Gasteiger partial charge in [-0.05, 0) is 67.1 Å². The molecule has 1 fully saturated rings. The Morgan fingerprint density at radius 3 is 2.11 bits per heavy atom. The van der Waals surface area contributed by atoms with Crippen LogP contribution in [0, 0.1) is 11.8 Å². The third-order valence-electron chi connectivity index (χ3n) is 8.63. The molecule has 1 atom stereocenters.